The molecule has 7 heteroatoms. The summed E-state index contributed by atoms with van der Waals surface area (Å²) in [5, 5.41) is 0. The monoisotopic (exact) mass is 372 g/mol. The molecular formula is C14H14BrFN2O2S. The maximum atomic E-state index is 13.9. The lowest BCUT2D eigenvalue weighted by Gasteiger charge is -2.15. The number of nitrogen functional groups attached to an aromatic ring is 1. The molecule has 0 amide bonds. The molecule has 0 saturated heterocycles. The molecule has 3 N–H and O–H groups in total. The second-order valence-electron chi connectivity index (χ2n) is 4.56. The maximum absolute atomic E-state index is 13.9. The Kier molecular flexibility index (Phi) is 4.65. The van der Waals surface area contributed by atoms with E-state index in [1.54, 1.807) is 31.2 Å². The molecule has 4 nitrogen and oxygen atoms in total. The van der Waals surface area contributed by atoms with E-state index in [4.69, 9.17) is 5.73 Å². The molecule has 0 saturated carbocycles. The van der Waals surface area contributed by atoms with E-state index >= 15 is 0 Å². The maximum Gasteiger partial charge on any atom is 0.244 e. The van der Waals surface area contributed by atoms with Crippen LogP contribution < -0.4 is 10.5 Å². The van der Waals surface area contributed by atoms with Crippen molar-refractivity contribution < 1.29 is 12.8 Å². The molecule has 0 spiro atoms. The highest BCUT2D eigenvalue weighted by Crippen LogP contribution is 2.27. The van der Waals surface area contributed by atoms with Crippen LogP contribution in [-0.4, -0.2) is 8.42 Å². The van der Waals surface area contributed by atoms with E-state index in [2.05, 4.69) is 20.7 Å². The van der Waals surface area contributed by atoms with Crippen molar-refractivity contribution in [3.63, 3.8) is 0 Å². The number of rotatable bonds is 4. The summed E-state index contributed by atoms with van der Waals surface area (Å²) in [5.74, 6) is -0.858. The van der Waals surface area contributed by atoms with Gasteiger partial charge in [0.05, 0.1) is 0 Å². The number of hydrogen-bond donors (Lipinski definition) is 2. The first-order valence-electron chi connectivity index (χ1n) is 6.13. The fourth-order valence-electron chi connectivity index (χ4n) is 1.86. The zero-order valence-corrected chi connectivity index (χ0v) is 13.6. The van der Waals surface area contributed by atoms with Crippen molar-refractivity contribution in [2.24, 2.45) is 0 Å². The summed E-state index contributed by atoms with van der Waals surface area (Å²) in [7, 11) is -4.00. The Hall–Kier alpha value is -1.44. The summed E-state index contributed by atoms with van der Waals surface area (Å²) in [6, 6.07) is 10.7. The summed E-state index contributed by atoms with van der Waals surface area (Å²) >= 11 is 3.05. The third kappa shape index (κ3) is 3.61. The van der Waals surface area contributed by atoms with Crippen molar-refractivity contribution in [1.82, 2.24) is 4.72 Å². The fourth-order valence-corrected chi connectivity index (χ4v) is 3.50. The van der Waals surface area contributed by atoms with Gasteiger partial charge in [-0.15, -0.1) is 0 Å². The van der Waals surface area contributed by atoms with Crippen LogP contribution in [0.3, 0.4) is 0 Å². The molecule has 1 atom stereocenters. The first-order chi connectivity index (χ1) is 9.81. The molecule has 2 aromatic rings. The number of nitrogens with one attached hydrogen (secondary N) is 1. The largest absolute Gasteiger partial charge is 0.398 e. The van der Waals surface area contributed by atoms with Crippen LogP contribution in [0.15, 0.2) is 51.8 Å². The van der Waals surface area contributed by atoms with E-state index in [0.717, 1.165) is 17.7 Å². The van der Waals surface area contributed by atoms with Gasteiger partial charge in [-0.2, -0.15) is 0 Å². The predicted molar refractivity (Wildman–Crippen MR) is 83.7 cm³/mol. The molecule has 0 radical (unpaired) electrons. The first-order valence-corrected chi connectivity index (χ1v) is 8.40. The molecule has 2 rings (SSSR count). The molecule has 0 aliphatic carbocycles. The van der Waals surface area contributed by atoms with Gasteiger partial charge in [0.1, 0.15) is 10.7 Å². The van der Waals surface area contributed by atoms with Crippen LogP contribution in [0.5, 0.6) is 0 Å². The van der Waals surface area contributed by atoms with Gasteiger partial charge in [-0.3, -0.25) is 0 Å². The standard InChI is InChI=1S/C14H14BrFN2O2S/c1-9(10-5-3-2-4-6-10)18-21(19,20)14-8-13(17)11(15)7-12(14)16/h2-9,18H,17H2,1H3/t9-/m0/s1. The van der Waals surface area contributed by atoms with Crippen LogP contribution in [0, 0.1) is 5.82 Å². The molecule has 21 heavy (non-hydrogen) atoms. The van der Waals surface area contributed by atoms with E-state index in [1.807, 2.05) is 6.07 Å². The number of benzene rings is 2. The highest BCUT2D eigenvalue weighted by molar-refractivity contribution is 9.10. The summed E-state index contributed by atoms with van der Waals surface area (Å²) in [5.41, 5.74) is 6.56. The van der Waals surface area contributed by atoms with Gasteiger partial charge in [0.15, 0.2) is 0 Å². The fraction of sp³-hybridized carbons (Fsp3) is 0.143. The van der Waals surface area contributed by atoms with Crippen LogP contribution >= 0.6 is 15.9 Å². The molecular weight excluding hydrogens is 359 g/mol. The van der Waals surface area contributed by atoms with Crippen molar-refractivity contribution >= 4 is 31.6 Å². The molecule has 0 aliphatic heterocycles. The minimum Gasteiger partial charge on any atom is -0.398 e. The van der Waals surface area contributed by atoms with Crippen LogP contribution in [0.1, 0.15) is 18.5 Å². The Bertz CT molecular complexity index is 751. The van der Waals surface area contributed by atoms with E-state index in [1.165, 1.54) is 0 Å². The highest BCUT2D eigenvalue weighted by atomic mass is 79.9. The molecule has 0 fully saturated rings. The minimum absolute atomic E-state index is 0.157. The lowest BCUT2D eigenvalue weighted by atomic mass is 10.1. The quantitative estimate of drug-likeness (QED) is 0.809. The van der Waals surface area contributed by atoms with Gasteiger partial charge in [-0.05, 0) is 40.5 Å². The van der Waals surface area contributed by atoms with Crippen LogP contribution in [0.4, 0.5) is 10.1 Å². The van der Waals surface area contributed by atoms with Crippen LogP contribution in [0.25, 0.3) is 0 Å². The van der Waals surface area contributed by atoms with E-state index in [0.29, 0.717) is 4.47 Å². The van der Waals surface area contributed by atoms with E-state index in [-0.39, 0.29) is 5.69 Å². The highest BCUT2D eigenvalue weighted by Gasteiger charge is 2.23. The topological polar surface area (TPSA) is 72.2 Å². The average Bonchev–Trinajstić information content (AvgIpc) is 2.43. The number of hydrogen-bond acceptors (Lipinski definition) is 3. The van der Waals surface area contributed by atoms with Crippen molar-refractivity contribution in [2.75, 3.05) is 5.73 Å². The third-order valence-corrected chi connectivity index (χ3v) is 5.21. The van der Waals surface area contributed by atoms with E-state index < -0.39 is 26.8 Å². The third-order valence-electron chi connectivity index (χ3n) is 2.97. The minimum atomic E-state index is -4.00. The smallest absolute Gasteiger partial charge is 0.244 e. The lowest BCUT2D eigenvalue weighted by molar-refractivity contribution is 0.547. The number of sulfonamides is 1. The Balaban J connectivity index is 2.33. The molecule has 0 bridgehead atoms. The zero-order chi connectivity index (χ0) is 15.6. The van der Waals surface area contributed by atoms with Crippen molar-refractivity contribution in [1.29, 1.82) is 0 Å². The van der Waals surface area contributed by atoms with E-state index in [9.17, 15) is 12.8 Å². The van der Waals surface area contributed by atoms with Crippen LogP contribution in [0.2, 0.25) is 0 Å². The van der Waals surface area contributed by atoms with Gasteiger partial charge in [-0.25, -0.2) is 17.5 Å². The van der Waals surface area contributed by atoms with Gasteiger partial charge in [-0.1, -0.05) is 30.3 Å². The summed E-state index contributed by atoms with van der Waals surface area (Å²) < 4.78 is 41.2. The zero-order valence-electron chi connectivity index (χ0n) is 11.2. The second-order valence-corrected chi connectivity index (χ2v) is 7.09. The molecule has 0 unspecified atom stereocenters. The molecule has 0 aliphatic rings. The van der Waals surface area contributed by atoms with Gasteiger partial charge >= 0.3 is 0 Å². The summed E-state index contributed by atoms with van der Waals surface area (Å²) in [4.78, 5) is -0.467. The molecule has 0 heterocycles. The number of halogens is 2. The Morgan fingerprint density at radius 3 is 2.48 bits per heavy atom. The number of anilines is 1. The van der Waals surface area contributed by atoms with Gasteiger partial charge < -0.3 is 5.73 Å². The Morgan fingerprint density at radius 1 is 1.24 bits per heavy atom. The normalized spacial score (nSPS) is 13.1. The number of nitrogens with two attached hydrogens (primary N) is 1. The van der Waals surface area contributed by atoms with Gasteiger partial charge in [0, 0.05) is 16.2 Å². The van der Waals surface area contributed by atoms with Gasteiger partial charge in [0.25, 0.3) is 0 Å². The SMILES string of the molecule is C[C@H](NS(=O)(=O)c1cc(N)c(Br)cc1F)c1ccccc1. The first kappa shape index (κ1) is 15.9. The predicted octanol–water partition coefficient (Wildman–Crippen LogP) is 3.21. The molecule has 2 aromatic carbocycles. The molecule has 112 valence electrons. The summed E-state index contributed by atoms with van der Waals surface area (Å²) in [6.45, 7) is 1.69. The van der Waals surface area contributed by atoms with Crippen molar-refractivity contribution in [2.45, 2.75) is 17.9 Å². The lowest BCUT2D eigenvalue weighted by Crippen LogP contribution is -2.27. The second kappa shape index (κ2) is 6.13. The summed E-state index contributed by atoms with van der Waals surface area (Å²) in [6.07, 6.45) is 0. The Morgan fingerprint density at radius 2 is 1.86 bits per heavy atom. The average molecular weight is 373 g/mol. The van der Waals surface area contributed by atoms with Crippen molar-refractivity contribution in [3.8, 4) is 0 Å². The molecule has 0 aromatic heterocycles. The Labute approximate surface area is 131 Å². The van der Waals surface area contributed by atoms with Crippen LogP contribution in [-0.2, 0) is 10.0 Å². The van der Waals surface area contributed by atoms with Gasteiger partial charge in [0.2, 0.25) is 10.0 Å². The van der Waals surface area contributed by atoms with Crippen molar-refractivity contribution in [3.05, 3.63) is 58.3 Å².